The first-order chi connectivity index (χ1) is 12.5. The lowest BCUT2D eigenvalue weighted by Gasteiger charge is -2.04. The predicted molar refractivity (Wildman–Crippen MR) is 109 cm³/mol. The van der Waals surface area contributed by atoms with Crippen LogP contribution < -0.4 is 0 Å². The molecule has 0 bridgehead atoms. The van der Waals surface area contributed by atoms with Gasteiger partial charge in [0.25, 0.3) is 0 Å². The Morgan fingerprint density at radius 1 is 0.846 bits per heavy atom. The third-order valence-electron chi connectivity index (χ3n) is 3.86. The van der Waals surface area contributed by atoms with Crippen LogP contribution in [0.3, 0.4) is 0 Å². The predicted octanol–water partition coefficient (Wildman–Crippen LogP) is 6.46. The van der Waals surface area contributed by atoms with E-state index in [1.165, 1.54) is 44.9 Å². The maximum absolute atomic E-state index is 11.1. The first kappa shape index (κ1) is 27.3. The number of allylic oxidation sites excluding steroid dienone is 2. The number of carbonyl (C=O) groups excluding carboxylic acids is 1. The molecule has 0 aliphatic rings. The van der Waals surface area contributed by atoms with Crippen molar-refractivity contribution in [2.45, 2.75) is 96.8 Å². The van der Waals surface area contributed by atoms with Gasteiger partial charge >= 0.3 is 13.8 Å². The molecule has 0 fully saturated rings. The van der Waals surface area contributed by atoms with Crippen LogP contribution in [0.1, 0.15) is 96.8 Å². The van der Waals surface area contributed by atoms with Gasteiger partial charge in [-0.15, -0.1) is 13.2 Å². The number of phosphoric ester groups is 1. The molecule has 0 aromatic rings. The Morgan fingerprint density at radius 3 is 1.73 bits per heavy atom. The molecule has 0 unspecified atom stereocenters. The van der Waals surface area contributed by atoms with Gasteiger partial charge in [0.1, 0.15) is 0 Å². The maximum Gasteiger partial charge on any atom is 0.526 e. The average molecular weight is 391 g/mol. The standard InChI is InChI=1S/C18H35O5P.C2H4/c1-2-3-4-5-6-7-8-9-10-11-12-13-14-15-16-17-18(19)23-24(20,21)22;1-2/h9-10H,2-8,11-17H2,1H3,(H2,20,21,22);1-2H2. The number of rotatable bonds is 16. The van der Waals surface area contributed by atoms with Gasteiger partial charge < -0.3 is 4.52 Å². The monoisotopic (exact) mass is 390 g/mol. The van der Waals surface area contributed by atoms with Gasteiger partial charge in [0.2, 0.25) is 0 Å². The smallest absolute Gasteiger partial charge is 0.371 e. The third-order valence-corrected chi connectivity index (χ3v) is 4.30. The molecule has 6 heteroatoms. The molecule has 0 radical (unpaired) electrons. The van der Waals surface area contributed by atoms with E-state index in [9.17, 15) is 9.36 Å². The van der Waals surface area contributed by atoms with E-state index in [-0.39, 0.29) is 6.42 Å². The Hall–Kier alpha value is -0.900. The minimum atomic E-state index is -4.67. The largest absolute Gasteiger partial charge is 0.526 e. The molecule has 0 atom stereocenters. The zero-order valence-electron chi connectivity index (χ0n) is 16.5. The SMILES string of the molecule is C=C.CCCCCCCCC=CCCCCCCCC(=O)OP(=O)(O)O. The van der Waals surface area contributed by atoms with Crippen molar-refractivity contribution in [3.63, 3.8) is 0 Å². The van der Waals surface area contributed by atoms with E-state index in [0.717, 1.165) is 32.1 Å². The number of phosphoric acid groups is 1. The molecule has 0 aromatic carbocycles. The normalized spacial score (nSPS) is 11.2. The van der Waals surface area contributed by atoms with Crippen LogP contribution >= 0.6 is 7.82 Å². The number of hydrogen-bond acceptors (Lipinski definition) is 3. The second-order valence-corrected chi connectivity index (χ2v) is 7.45. The van der Waals surface area contributed by atoms with Crippen LogP contribution in [-0.2, 0) is 13.9 Å². The van der Waals surface area contributed by atoms with Crippen molar-refractivity contribution in [2.24, 2.45) is 0 Å². The zero-order valence-corrected chi connectivity index (χ0v) is 17.4. The summed E-state index contributed by atoms with van der Waals surface area (Å²) >= 11 is 0. The lowest BCUT2D eigenvalue weighted by molar-refractivity contribution is -0.135. The molecule has 0 spiro atoms. The van der Waals surface area contributed by atoms with Crippen LogP contribution in [-0.4, -0.2) is 15.8 Å². The quantitative estimate of drug-likeness (QED) is 0.179. The van der Waals surface area contributed by atoms with Gasteiger partial charge in [0.05, 0.1) is 0 Å². The van der Waals surface area contributed by atoms with E-state index in [4.69, 9.17) is 9.79 Å². The molecular weight excluding hydrogens is 351 g/mol. The molecule has 0 saturated carbocycles. The maximum atomic E-state index is 11.1. The van der Waals surface area contributed by atoms with Gasteiger partial charge in [-0.1, -0.05) is 70.4 Å². The van der Waals surface area contributed by atoms with E-state index in [0.29, 0.717) is 6.42 Å². The molecule has 0 aromatic heterocycles. The van der Waals surface area contributed by atoms with E-state index < -0.39 is 13.8 Å². The Morgan fingerprint density at radius 2 is 1.27 bits per heavy atom. The van der Waals surface area contributed by atoms with Crippen molar-refractivity contribution in [1.82, 2.24) is 0 Å². The first-order valence-electron chi connectivity index (χ1n) is 9.88. The highest BCUT2D eigenvalue weighted by molar-refractivity contribution is 7.46. The summed E-state index contributed by atoms with van der Waals surface area (Å²) < 4.78 is 14.4. The lowest BCUT2D eigenvalue weighted by Crippen LogP contribution is -2.01. The van der Waals surface area contributed by atoms with Crippen molar-refractivity contribution in [1.29, 1.82) is 0 Å². The third kappa shape index (κ3) is 25.3. The molecule has 0 aliphatic carbocycles. The van der Waals surface area contributed by atoms with Crippen molar-refractivity contribution >= 4 is 13.8 Å². The van der Waals surface area contributed by atoms with Gasteiger partial charge in [-0.3, -0.25) is 14.6 Å². The summed E-state index contributed by atoms with van der Waals surface area (Å²) in [5.74, 6) is -0.819. The van der Waals surface area contributed by atoms with Gasteiger partial charge in [0, 0.05) is 6.42 Å². The second-order valence-electron chi connectivity index (χ2n) is 6.29. The van der Waals surface area contributed by atoms with E-state index >= 15 is 0 Å². The van der Waals surface area contributed by atoms with Crippen molar-refractivity contribution in [2.75, 3.05) is 0 Å². The minimum Gasteiger partial charge on any atom is -0.371 e. The molecule has 154 valence electrons. The number of unbranched alkanes of at least 4 members (excludes halogenated alkanes) is 11. The summed E-state index contributed by atoms with van der Waals surface area (Å²) in [7, 11) is -4.67. The van der Waals surface area contributed by atoms with Crippen LogP contribution in [0.2, 0.25) is 0 Å². The van der Waals surface area contributed by atoms with Crippen LogP contribution in [0.4, 0.5) is 0 Å². The second kappa shape index (κ2) is 20.4. The molecule has 0 saturated heterocycles. The summed E-state index contributed by atoms with van der Waals surface area (Å²) in [6.07, 6.45) is 19.8. The van der Waals surface area contributed by atoms with Crippen LogP contribution in [0, 0.1) is 0 Å². The minimum absolute atomic E-state index is 0.0727. The van der Waals surface area contributed by atoms with Gasteiger partial charge in [-0.25, -0.2) is 4.57 Å². The molecule has 26 heavy (non-hydrogen) atoms. The molecule has 0 aliphatic heterocycles. The highest BCUT2D eigenvalue weighted by atomic mass is 31.2. The summed E-state index contributed by atoms with van der Waals surface area (Å²) in [6.45, 7) is 8.24. The highest BCUT2D eigenvalue weighted by Gasteiger charge is 2.19. The van der Waals surface area contributed by atoms with Crippen molar-refractivity contribution < 1.29 is 23.7 Å². The average Bonchev–Trinajstić information content (AvgIpc) is 2.58. The van der Waals surface area contributed by atoms with E-state index in [2.05, 4.69) is 36.8 Å². The van der Waals surface area contributed by atoms with Crippen LogP contribution in [0.15, 0.2) is 25.3 Å². The van der Waals surface area contributed by atoms with Crippen molar-refractivity contribution in [3.8, 4) is 0 Å². The summed E-state index contributed by atoms with van der Waals surface area (Å²) in [5, 5.41) is 0. The molecular formula is C20H39O5P. The van der Waals surface area contributed by atoms with Crippen LogP contribution in [0.25, 0.3) is 0 Å². The molecule has 2 N–H and O–H groups in total. The fourth-order valence-electron chi connectivity index (χ4n) is 2.52. The molecule has 0 rings (SSSR count). The molecule has 0 heterocycles. The van der Waals surface area contributed by atoms with E-state index in [1.807, 2.05) is 0 Å². The zero-order chi connectivity index (χ0) is 20.1. The Balaban J connectivity index is 0. The number of hydrogen-bond donors (Lipinski definition) is 2. The van der Waals surface area contributed by atoms with Crippen molar-refractivity contribution in [3.05, 3.63) is 25.3 Å². The summed E-state index contributed by atoms with van der Waals surface area (Å²) in [6, 6.07) is 0. The Labute approximate surface area is 160 Å². The number of carbonyl (C=O) groups is 1. The molecule has 5 nitrogen and oxygen atoms in total. The molecule has 0 amide bonds. The fraction of sp³-hybridized carbons (Fsp3) is 0.750. The Bertz CT molecular complexity index is 390. The van der Waals surface area contributed by atoms with E-state index in [1.54, 1.807) is 0 Å². The Kier molecular flexibility index (Phi) is 21.4. The summed E-state index contributed by atoms with van der Waals surface area (Å²) in [5.41, 5.74) is 0. The van der Waals surface area contributed by atoms with Gasteiger partial charge in [0.15, 0.2) is 0 Å². The lowest BCUT2D eigenvalue weighted by atomic mass is 10.1. The van der Waals surface area contributed by atoms with Gasteiger partial charge in [-0.2, -0.15) is 0 Å². The fourth-order valence-corrected chi connectivity index (χ4v) is 2.87. The first-order valence-corrected chi connectivity index (χ1v) is 11.4. The van der Waals surface area contributed by atoms with Gasteiger partial charge in [-0.05, 0) is 32.1 Å². The highest BCUT2D eigenvalue weighted by Crippen LogP contribution is 2.36. The van der Waals surface area contributed by atoms with Crippen LogP contribution in [0.5, 0.6) is 0 Å². The summed E-state index contributed by atoms with van der Waals surface area (Å²) in [4.78, 5) is 28.0. The topological polar surface area (TPSA) is 83.8 Å².